The minimum Gasteiger partial charge on any atom is -0.310 e. The molecule has 1 aromatic heterocycles. The van der Waals surface area contributed by atoms with Gasteiger partial charge in [-0.25, -0.2) is 9.97 Å². The minimum atomic E-state index is 0.618. The van der Waals surface area contributed by atoms with Gasteiger partial charge in [0.25, 0.3) is 0 Å². The Morgan fingerprint density at radius 1 is 1.22 bits per heavy atom. The van der Waals surface area contributed by atoms with Gasteiger partial charge in [-0.15, -0.1) is 0 Å². The molecule has 0 bridgehead atoms. The molecule has 2 aromatic rings. The zero-order chi connectivity index (χ0) is 12.5. The molecule has 0 fully saturated rings. The van der Waals surface area contributed by atoms with Crippen LogP contribution < -0.4 is 4.90 Å². The summed E-state index contributed by atoms with van der Waals surface area (Å²) < 4.78 is 0.907. The van der Waals surface area contributed by atoms with Gasteiger partial charge in [0.15, 0.2) is 0 Å². The van der Waals surface area contributed by atoms with E-state index in [1.165, 1.54) is 11.3 Å². The number of anilines is 2. The number of para-hydroxylation sites is 1. The summed E-state index contributed by atoms with van der Waals surface area (Å²) in [5.41, 5.74) is 2.61. The Kier molecular flexibility index (Phi) is 3.04. The van der Waals surface area contributed by atoms with Crippen LogP contribution in [0, 0.1) is 5.92 Å². The largest absolute Gasteiger partial charge is 0.310 e. The van der Waals surface area contributed by atoms with Crippen LogP contribution in [0.25, 0.3) is 0 Å². The number of benzene rings is 1. The van der Waals surface area contributed by atoms with Crippen molar-refractivity contribution in [3.8, 4) is 0 Å². The van der Waals surface area contributed by atoms with Gasteiger partial charge in [-0.1, -0.05) is 25.1 Å². The SMILES string of the molecule is CC1Cc2ccccc2N(c2ncc(Br)cn2)C1. The molecule has 0 radical (unpaired) electrons. The number of halogens is 1. The Balaban J connectivity index is 2.04. The molecule has 3 nitrogen and oxygen atoms in total. The number of hydrogen-bond acceptors (Lipinski definition) is 3. The predicted molar refractivity (Wildman–Crippen MR) is 76.0 cm³/mol. The third-order valence-electron chi connectivity index (χ3n) is 3.19. The third-order valence-corrected chi connectivity index (χ3v) is 3.60. The second kappa shape index (κ2) is 4.69. The van der Waals surface area contributed by atoms with E-state index in [-0.39, 0.29) is 0 Å². The van der Waals surface area contributed by atoms with Crippen LogP contribution in [0.5, 0.6) is 0 Å². The molecule has 1 aliphatic heterocycles. The Bertz CT molecular complexity index is 553. The molecule has 0 spiro atoms. The van der Waals surface area contributed by atoms with E-state index in [0.717, 1.165) is 23.4 Å². The van der Waals surface area contributed by atoms with Gasteiger partial charge < -0.3 is 4.90 Å². The lowest BCUT2D eigenvalue weighted by atomic mass is 9.94. The van der Waals surface area contributed by atoms with Crippen molar-refractivity contribution in [2.24, 2.45) is 5.92 Å². The molecular formula is C14H14BrN3. The summed E-state index contributed by atoms with van der Waals surface area (Å²) in [6.07, 6.45) is 4.72. The second-order valence-electron chi connectivity index (χ2n) is 4.75. The van der Waals surface area contributed by atoms with E-state index in [1.807, 2.05) is 0 Å². The van der Waals surface area contributed by atoms with Gasteiger partial charge in [-0.2, -0.15) is 0 Å². The first-order valence-electron chi connectivity index (χ1n) is 6.07. The molecule has 1 aromatic carbocycles. The summed E-state index contributed by atoms with van der Waals surface area (Å²) in [6.45, 7) is 3.24. The highest BCUT2D eigenvalue weighted by Gasteiger charge is 2.23. The molecule has 0 amide bonds. The average Bonchev–Trinajstić information content (AvgIpc) is 2.38. The Hall–Kier alpha value is -1.42. The molecule has 3 rings (SSSR count). The van der Waals surface area contributed by atoms with Crippen molar-refractivity contribution in [3.05, 3.63) is 46.7 Å². The van der Waals surface area contributed by atoms with Crippen LogP contribution in [-0.2, 0) is 6.42 Å². The highest BCUT2D eigenvalue weighted by Crippen LogP contribution is 2.33. The molecule has 1 aliphatic rings. The van der Waals surface area contributed by atoms with Crippen molar-refractivity contribution in [2.75, 3.05) is 11.4 Å². The topological polar surface area (TPSA) is 29.0 Å². The summed E-state index contributed by atoms with van der Waals surface area (Å²) in [6, 6.07) is 8.50. The summed E-state index contributed by atoms with van der Waals surface area (Å²) in [7, 11) is 0. The average molecular weight is 304 g/mol. The van der Waals surface area contributed by atoms with Gasteiger partial charge in [-0.3, -0.25) is 0 Å². The number of aromatic nitrogens is 2. The predicted octanol–water partition coefficient (Wildman–Crippen LogP) is 3.57. The summed E-state index contributed by atoms with van der Waals surface area (Å²) in [5.74, 6) is 1.39. The molecular weight excluding hydrogens is 290 g/mol. The summed E-state index contributed by atoms with van der Waals surface area (Å²) >= 11 is 3.37. The fourth-order valence-corrected chi connectivity index (χ4v) is 2.64. The fraction of sp³-hybridized carbons (Fsp3) is 0.286. The number of rotatable bonds is 1. The Labute approximate surface area is 115 Å². The first-order chi connectivity index (χ1) is 8.74. The standard InChI is InChI=1S/C14H14BrN3/c1-10-6-11-4-2-3-5-13(11)18(9-10)14-16-7-12(15)8-17-14/h2-5,7-8,10H,6,9H2,1H3. The quantitative estimate of drug-likeness (QED) is 0.806. The van der Waals surface area contributed by atoms with Crippen LogP contribution in [0.3, 0.4) is 0 Å². The summed E-state index contributed by atoms with van der Waals surface area (Å²) in [5, 5.41) is 0. The fourth-order valence-electron chi connectivity index (χ4n) is 2.43. The van der Waals surface area contributed by atoms with Gasteiger partial charge in [0.1, 0.15) is 0 Å². The van der Waals surface area contributed by atoms with Crippen LogP contribution in [0.1, 0.15) is 12.5 Å². The monoisotopic (exact) mass is 303 g/mol. The molecule has 0 saturated carbocycles. The zero-order valence-corrected chi connectivity index (χ0v) is 11.8. The van der Waals surface area contributed by atoms with Crippen molar-refractivity contribution >= 4 is 27.6 Å². The zero-order valence-electron chi connectivity index (χ0n) is 10.2. The van der Waals surface area contributed by atoms with E-state index in [4.69, 9.17) is 0 Å². The van der Waals surface area contributed by atoms with Gasteiger partial charge in [-0.05, 0) is 39.9 Å². The molecule has 0 saturated heterocycles. The van der Waals surface area contributed by atoms with E-state index in [2.05, 4.69) is 62.0 Å². The molecule has 2 heterocycles. The maximum Gasteiger partial charge on any atom is 0.229 e. The number of hydrogen-bond donors (Lipinski definition) is 0. The highest BCUT2D eigenvalue weighted by atomic mass is 79.9. The third kappa shape index (κ3) is 2.12. The van der Waals surface area contributed by atoms with Crippen molar-refractivity contribution in [1.82, 2.24) is 9.97 Å². The van der Waals surface area contributed by atoms with Crippen molar-refractivity contribution in [1.29, 1.82) is 0 Å². The maximum atomic E-state index is 4.40. The van der Waals surface area contributed by atoms with E-state index < -0.39 is 0 Å². The Morgan fingerprint density at radius 3 is 2.72 bits per heavy atom. The molecule has 92 valence electrons. The lowest BCUT2D eigenvalue weighted by Crippen LogP contribution is -2.31. The molecule has 1 atom stereocenters. The second-order valence-corrected chi connectivity index (χ2v) is 5.67. The Morgan fingerprint density at radius 2 is 1.94 bits per heavy atom. The number of nitrogens with zero attached hydrogens (tertiary/aromatic N) is 3. The van der Waals surface area contributed by atoms with Crippen LogP contribution in [0.15, 0.2) is 41.1 Å². The van der Waals surface area contributed by atoms with Gasteiger partial charge in [0.2, 0.25) is 5.95 Å². The van der Waals surface area contributed by atoms with Crippen LogP contribution in [0.4, 0.5) is 11.6 Å². The first-order valence-corrected chi connectivity index (χ1v) is 6.86. The normalized spacial score (nSPS) is 18.6. The van der Waals surface area contributed by atoms with Crippen LogP contribution in [0.2, 0.25) is 0 Å². The molecule has 1 unspecified atom stereocenters. The van der Waals surface area contributed by atoms with Gasteiger partial charge in [0, 0.05) is 24.6 Å². The van der Waals surface area contributed by atoms with Gasteiger partial charge >= 0.3 is 0 Å². The molecule has 18 heavy (non-hydrogen) atoms. The van der Waals surface area contributed by atoms with E-state index >= 15 is 0 Å². The van der Waals surface area contributed by atoms with E-state index in [1.54, 1.807) is 12.4 Å². The van der Waals surface area contributed by atoms with Crippen molar-refractivity contribution in [3.63, 3.8) is 0 Å². The van der Waals surface area contributed by atoms with E-state index in [0.29, 0.717) is 5.92 Å². The smallest absolute Gasteiger partial charge is 0.229 e. The van der Waals surface area contributed by atoms with Gasteiger partial charge in [0.05, 0.1) is 4.47 Å². The molecule has 0 N–H and O–H groups in total. The lowest BCUT2D eigenvalue weighted by molar-refractivity contribution is 0.557. The molecule has 4 heteroatoms. The highest BCUT2D eigenvalue weighted by molar-refractivity contribution is 9.10. The van der Waals surface area contributed by atoms with Crippen molar-refractivity contribution < 1.29 is 0 Å². The van der Waals surface area contributed by atoms with Crippen LogP contribution in [-0.4, -0.2) is 16.5 Å². The van der Waals surface area contributed by atoms with Crippen LogP contribution >= 0.6 is 15.9 Å². The maximum absolute atomic E-state index is 4.40. The first kappa shape index (κ1) is 11.7. The molecule has 0 aliphatic carbocycles. The minimum absolute atomic E-state index is 0.618. The van der Waals surface area contributed by atoms with Crippen molar-refractivity contribution in [2.45, 2.75) is 13.3 Å². The van der Waals surface area contributed by atoms with E-state index in [9.17, 15) is 0 Å². The lowest BCUT2D eigenvalue weighted by Gasteiger charge is -2.33. The number of fused-ring (bicyclic) bond motifs is 1. The summed E-state index contributed by atoms with van der Waals surface area (Å²) in [4.78, 5) is 11.0.